The van der Waals surface area contributed by atoms with E-state index >= 15 is 0 Å². The molecule has 4 heteroatoms. The largest absolute Gasteiger partial charge is 0.424 e. The van der Waals surface area contributed by atoms with Crippen LogP contribution in [0.3, 0.4) is 0 Å². The first-order chi connectivity index (χ1) is 2.89. The van der Waals surface area contributed by atoms with Crippen LogP contribution in [0.2, 0.25) is 0 Å². The van der Waals surface area contributed by atoms with Gasteiger partial charge in [0.1, 0.15) is 0 Å². The van der Waals surface area contributed by atoms with Gasteiger partial charge in [0.05, 0.1) is 0 Å². The average molecular weight is 87.1 g/mol. The first kappa shape index (κ1) is 3.42. The van der Waals surface area contributed by atoms with Crippen LogP contribution >= 0.6 is 0 Å². The van der Waals surface area contributed by atoms with E-state index in [0.29, 0.717) is 0 Å². The molecule has 0 bridgehead atoms. The van der Waals surface area contributed by atoms with Crippen molar-refractivity contribution in [3.63, 3.8) is 0 Å². The summed E-state index contributed by atoms with van der Waals surface area (Å²) >= 11 is 0. The summed E-state index contributed by atoms with van der Waals surface area (Å²) in [6, 6.07) is 0. The Labute approximate surface area is 34.4 Å². The van der Waals surface area contributed by atoms with Gasteiger partial charge in [-0.3, -0.25) is 0 Å². The lowest BCUT2D eigenvalue weighted by molar-refractivity contribution is 0.0902. The molecule has 0 saturated heterocycles. The van der Waals surface area contributed by atoms with E-state index in [4.69, 9.17) is 5.11 Å². The van der Waals surface area contributed by atoms with Crippen LogP contribution in [-0.2, 0) is 4.74 Å². The summed E-state index contributed by atoms with van der Waals surface area (Å²) < 4.78 is 4.22. The number of hydrogen-bond acceptors (Lipinski definition) is 4. The Morgan fingerprint density at radius 3 is 3.00 bits per heavy atom. The standard InChI is InChI=1S/C2H3N2O2/c5-2-4-3-1-6-2/h1,4-5H. The first-order valence-corrected chi connectivity index (χ1v) is 1.40. The van der Waals surface area contributed by atoms with Crippen LogP contribution in [0.1, 0.15) is 0 Å². The minimum absolute atomic E-state index is 0.269. The fraction of sp³-hybridized carbons (Fsp3) is 0. The summed E-state index contributed by atoms with van der Waals surface area (Å²) in [5.74, 6) is 0. The second-order valence-corrected chi connectivity index (χ2v) is 0.769. The Hall–Kier alpha value is -0.770. The number of aliphatic hydroxyl groups excluding tert-OH is 1. The zero-order valence-electron chi connectivity index (χ0n) is 2.88. The molecule has 0 spiro atoms. The Kier molecular flexibility index (Phi) is 0.648. The second kappa shape index (κ2) is 1.14. The van der Waals surface area contributed by atoms with E-state index < -0.39 is 0 Å². The number of nitrogens with zero attached hydrogens (tertiary/aromatic N) is 1. The molecule has 1 rings (SSSR count). The van der Waals surface area contributed by atoms with E-state index in [0.717, 1.165) is 6.40 Å². The topological polar surface area (TPSA) is 53.8 Å². The van der Waals surface area contributed by atoms with Crippen LogP contribution < -0.4 is 5.43 Å². The smallest absolute Gasteiger partial charge is 0.399 e. The minimum atomic E-state index is -0.269. The fourth-order valence-corrected chi connectivity index (χ4v) is 0.184. The average Bonchev–Trinajstić information content (AvgIpc) is 1.86. The van der Waals surface area contributed by atoms with Gasteiger partial charge in [-0.15, -0.1) is 5.10 Å². The number of hydrogen-bond donors (Lipinski definition) is 2. The predicted octanol–water partition coefficient (Wildman–Crippen LogP) is -0.631. The molecular weight excluding hydrogens is 84.0 g/mol. The lowest BCUT2D eigenvalue weighted by Crippen LogP contribution is -2.08. The van der Waals surface area contributed by atoms with Gasteiger partial charge in [0.25, 0.3) is 0 Å². The predicted molar refractivity (Wildman–Crippen MR) is 17.9 cm³/mol. The van der Waals surface area contributed by atoms with Crippen molar-refractivity contribution in [2.75, 3.05) is 0 Å². The molecule has 0 unspecified atom stereocenters. The number of nitrogens with one attached hydrogen (secondary N) is 1. The van der Waals surface area contributed by atoms with Gasteiger partial charge in [-0.05, 0) is 0 Å². The van der Waals surface area contributed by atoms with Crippen molar-refractivity contribution in [2.45, 2.75) is 0 Å². The molecule has 0 aromatic carbocycles. The molecule has 4 nitrogen and oxygen atoms in total. The van der Waals surface area contributed by atoms with Crippen LogP contribution in [0.5, 0.6) is 0 Å². The van der Waals surface area contributed by atoms with Crippen LogP contribution in [0.15, 0.2) is 5.10 Å². The third kappa shape index (κ3) is 0.414. The van der Waals surface area contributed by atoms with Gasteiger partial charge in [0.15, 0.2) is 6.40 Å². The molecule has 1 radical (unpaired) electrons. The van der Waals surface area contributed by atoms with Gasteiger partial charge < -0.3 is 9.84 Å². The van der Waals surface area contributed by atoms with Gasteiger partial charge in [-0.25, -0.2) is 5.43 Å². The summed E-state index contributed by atoms with van der Waals surface area (Å²) in [6.07, 6.45) is 0.838. The molecule has 0 aromatic heterocycles. The SMILES string of the molecule is O[C]1NN=CO1. The van der Waals surface area contributed by atoms with Crippen LogP contribution in [0.4, 0.5) is 0 Å². The summed E-state index contributed by atoms with van der Waals surface area (Å²) in [6.45, 7) is 0. The Bertz CT molecular complexity index is 63.9. The third-order valence-corrected chi connectivity index (χ3v) is 0.377. The molecule has 33 valence electrons. The molecule has 0 aromatic rings. The molecule has 0 amide bonds. The lowest BCUT2D eigenvalue weighted by atomic mass is 11.2. The van der Waals surface area contributed by atoms with Crippen molar-refractivity contribution in [1.82, 2.24) is 5.43 Å². The maximum Gasteiger partial charge on any atom is 0.399 e. The van der Waals surface area contributed by atoms with Crippen molar-refractivity contribution < 1.29 is 9.84 Å². The van der Waals surface area contributed by atoms with E-state index in [1.807, 2.05) is 0 Å². The number of hydrazone groups is 1. The van der Waals surface area contributed by atoms with Crippen molar-refractivity contribution >= 4 is 6.40 Å². The molecule has 1 aliphatic heterocycles. The zero-order valence-corrected chi connectivity index (χ0v) is 2.88. The molecule has 1 aliphatic rings. The summed E-state index contributed by atoms with van der Waals surface area (Å²) in [5, 5.41) is 11.5. The van der Waals surface area contributed by atoms with Crippen molar-refractivity contribution in [1.29, 1.82) is 0 Å². The molecular formula is C2H3N2O2. The molecule has 6 heavy (non-hydrogen) atoms. The highest BCUT2D eigenvalue weighted by atomic mass is 16.6. The van der Waals surface area contributed by atoms with E-state index in [9.17, 15) is 0 Å². The maximum atomic E-state index is 8.19. The Morgan fingerprint density at radius 1 is 2.00 bits per heavy atom. The Morgan fingerprint density at radius 2 is 2.83 bits per heavy atom. The van der Waals surface area contributed by atoms with Gasteiger partial charge in [0, 0.05) is 0 Å². The zero-order chi connectivity index (χ0) is 4.41. The van der Waals surface area contributed by atoms with Gasteiger partial charge in [-0.1, -0.05) is 0 Å². The van der Waals surface area contributed by atoms with Crippen molar-refractivity contribution in [3.05, 3.63) is 6.41 Å². The fourth-order valence-electron chi connectivity index (χ4n) is 0.184. The number of rotatable bonds is 0. The summed E-state index contributed by atoms with van der Waals surface area (Å²) in [7, 11) is 0. The van der Waals surface area contributed by atoms with E-state index in [-0.39, 0.29) is 6.41 Å². The highest BCUT2D eigenvalue weighted by Crippen LogP contribution is 1.91. The normalized spacial score (nSPS) is 20.2. The van der Waals surface area contributed by atoms with Crippen LogP contribution in [-0.4, -0.2) is 11.5 Å². The van der Waals surface area contributed by atoms with Crippen molar-refractivity contribution in [2.24, 2.45) is 5.10 Å². The van der Waals surface area contributed by atoms with Gasteiger partial charge >= 0.3 is 6.41 Å². The maximum absolute atomic E-state index is 8.19. The molecule has 2 N–H and O–H groups in total. The molecule has 0 aliphatic carbocycles. The van der Waals surface area contributed by atoms with E-state index in [2.05, 4.69) is 15.3 Å². The summed E-state index contributed by atoms with van der Waals surface area (Å²) in [4.78, 5) is 0. The highest BCUT2D eigenvalue weighted by Gasteiger charge is 2.06. The quantitative estimate of drug-likeness (QED) is 0.413. The number of aliphatic hydroxyl groups is 1. The van der Waals surface area contributed by atoms with Crippen molar-refractivity contribution in [3.8, 4) is 0 Å². The molecule has 0 saturated carbocycles. The second-order valence-electron chi connectivity index (χ2n) is 0.769. The Balaban J connectivity index is 2.32. The van der Waals surface area contributed by atoms with Crippen LogP contribution in [0.25, 0.3) is 0 Å². The third-order valence-electron chi connectivity index (χ3n) is 0.377. The molecule has 1 heterocycles. The first-order valence-electron chi connectivity index (χ1n) is 1.40. The molecule has 0 atom stereocenters. The van der Waals surface area contributed by atoms with Gasteiger partial charge in [-0.2, -0.15) is 0 Å². The molecule has 0 fully saturated rings. The minimum Gasteiger partial charge on any atom is -0.424 e. The monoisotopic (exact) mass is 87.0 g/mol. The number of ether oxygens (including phenoxy) is 1. The van der Waals surface area contributed by atoms with E-state index in [1.54, 1.807) is 0 Å². The lowest BCUT2D eigenvalue weighted by Gasteiger charge is -1.91. The highest BCUT2D eigenvalue weighted by molar-refractivity contribution is 5.48. The van der Waals surface area contributed by atoms with Crippen LogP contribution in [0, 0.1) is 6.41 Å². The van der Waals surface area contributed by atoms with Gasteiger partial charge in [0.2, 0.25) is 0 Å². The summed E-state index contributed by atoms with van der Waals surface area (Å²) in [5.41, 5.74) is 2.14. The van der Waals surface area contributed by atoms with E-state index in [1.165, 1.54) is 0 Å².